The number of hydrogen-bond acceptors (Lipinski definition) is 1. The molecule has 0 aromatic heterocycles. The Kier molecular flexibility index (Phi) is 25.9. The topological polar surface area (TPSA) is 29.1 Å². The number of allylic oxidation sites excluding steroid dienone is 2. The molecule has 1 N–H and O–H groups in total. The van der Waals surface area contributed by atoms with E-state index in [4.69, 9.17) is 0 Å². The maximum Gasteiger partial charge on any atom is 1.00 e. The number of amides is 1. The minimum absolute atomic E-state index is 0. The van der Waals surface area contributed by atoms with E-state index in [0.717, 1.165) is 13.0 Å². The largest absolute Gasteiger partial charge is 1.00 e. The Bertz CT molecular complexity index is 272. The van der Waals surface area contributed by atoms with Crippen LogP contribution in [0, 0.1) is 0 Å². The number of carbonyl (C=O) groups excluding carboxylic acids is 1. The second kappa shape index (κ2) is 22.8. The molecule has 0 fully saturated rings. The van der Waals surface area contributed by atoms with Crippen molar-refractivity contribution in [2.75, 3.05) is 6.54 Å². The van der Waals surface area contributed by atoms with Gasteiger partial charge in [0, 0.05) is 13.5 Å². The van der Waals surface area contributed by atoms with Gasteiger partial charge >= 0.3 is 51.4 Å². The van der Waals surface area contributed by atoms with E-state index in [1.807, 2.05) is 0 Å². The summed E-state index contributed by atoms with van der Waals surface area (Å²) in [5.41, 5.74) is 0. The minimum Gasteiger partial charge on any atom is -1.00 e. The third-order valence-corrected chi connectivity index (χ3v) is 4.06. The number of hydrogen-bond donors (Lipinski definition) is 1. The van der Waals surface area contributed by atoms with Crippen LogP contribution in [-0.4, -0.2) is 12.5 Å². The molecule has 0 radical (unpaired) electrons. The molecular weight excluding hydrogens is 309 g/mol. The molecule has 0 heterocycles. The van der Waals surface area contributed by atoms with Crippen LogP contribution in [0.1, 0.15) is 105 Å². The third kappa shape index (κ3) is 25.2. The van der Waals surface area contributed by atoms with Crippen molar-refractivity contribution in [3.05, 3.63) is 12.2 Å². The van der Waals surface area contributed by atoms with Gasteiger partial charge in [-0.1, -0.05) is 76.9 Å². The van der Waals surface area contributed by atoms with Gasteiger partial charge in [0.1, 0.15) is 0 Å². The molecule has 0 bridgehead atoms. The predicted octanol–water partition coefficient (Wildman–Crippen LogP) is 3.28. The summed E-state index contributed by atoms with van der Waals surface area (Å²) in [6.45, 7) is 4.70. The van der Waals surface area contributed by atoms with Gasteiger partial charge in [0.25, 0.3) is 0 Å². The van der Waals surface area contributed by atoms with Crippen molar-refractivity contribution in [3.63, 3.8) is 0 Å². The van der Waals surface area contributed by atoms with Gasteiger partial charge in [0.15, 0.2) is 0 Å². The van der Waals surface area contributed by atoms with E-state index in [2.05, 4.69) is 24.4 Å². The average molecular weight is 350 g/mol. The van der Waals surface area contributed by atoms with E-state index in [1.165, 1.54) is 83.5 Å². The minimum atomic E-state index is 0. The van der Waals surface area contributed by atoms with Crippen molar-refractivity contribution >= 4 is 5.91 Å². The maximum atomic E-state index is 10.7. The molecule has 0 spiro atoms. The van der Waals surface area contributed by atoms with Crippen molar-refractivity contribution in [2.45, 2.75) is 104 Å². The molecule has 0 unspecified atom stereocenters. The van der Waals surface area contributed by atoms with Crippen LogP contribution in [0.15, 0.2) is 12.2 Å². The zero-order chi connectivity index (χ0) is 16.3. The molecule has 0 atom stereocenters. The Morgan fingerprint density at radius 2 is 1.22 bits per heavy atom. The summed E-state index contributed by atoms with van der Waals surface area (Å²) < 4.78 is 0. The zero-order valence-corrected chi connectivity index (χ0v) is 19.3. The van der Waals surface area contributed by atoms with Gasteiger partial charge in [-0.15, -0.1) is 0 Å². The molecule has 0 saturated heterocycles. The quantitative estimate of drug-likeness (QED) is 0.259. The van der Waals surface area contributed by atoms with Crippen LogP contribution in [0.2, 0.25) is 0 Å². The number of carbonyl (C=O) groups is 1. The van der Waals surface area contributed by atoms with Crippen molar-refractivity contribution < 1.29 is 57.6 Å². The maximum absolute atomic E-state index is 10.7. The summed E-state index contributed by atoms with van der Waals surface area (Å²) >= 11 is 0. The van der Waals surface area contributed by atoms with E-state index in [1.54, 1.807) is 6.92 Å². The smallest absolute Gasteiger partial charge is 1.00 e. The number of nitrogens with one attached hydrogen (secondary N) is 1. The van der Waals surface area contributed by atoms with Crippen LogP contribution in [0.3, 0.4) is 0 Å². The molecule has 0 saturated carbocycles. The predicted molar refractivity (Wildman–Crippen MR) is 99.2 cm³/mol. The van der Waals surface area contributed by atoms with E-state index in [0.29, 0.717) is 0 Å². The van der Waals surface area contributed by atoms with Gasteiger partial charge in [-0.25, -0.2) is 0 Å². The molecule has 23 heavy (non-hydrogen) atoms. The van der Waals surface area contributed by atoms with Crippen molar-refractivity contribution in [2.24, 2.45) is 0 Å². The first-order chi connectivity index (χ1) is 10.8. The molecule has 0 aliphatic carbocycles. The van der Waals surface area contributed by atoms with E-state index in [9.17, 15) is 4.79 Å². The molecule has 1 amide bonds. The Labute approximate surface area is 189 Å². The van der Waals surface area contributed by atoms with Gasteiger partial charge in [0.05, 0.1) is 0 Å². The fourth-order valence-corrected chi connectivity index (χ4v) is 2.64. The summed E-state index contributed by atoms with van der Waals surface area (Å²) in [7, 11) is 0. The summed E-state index contributed by atoms with van der Waals surface area (Å²) in [6, 6.07) is 0. The molecule has 0 aliphatic heterocycles. The van der Waals surface area contributed by atoms with Crippen LogP contribution in [-0.2, 0) is 4.79 Å². The Morgan fingerprint density at radius 3 is 1.70 bits per heavy atom. The van der Waals surface area contributed by atoms with Gasteiger partial charge in [-0.2, -0.15) is 0 Å². The zero-order valence-electron chi connectivity index (χ0n) is 17.2. The molecule has 132 valence electrons. The molecule has 0 aromatic carbocycles. The molecule has 0 aromatic rings. The van der Waals surface area contributed by atoms with Crippen molar-refractivity contribution in [1.82, 2.24) is 5.32 Å². The molecular formula is C20H40KNO. The van der Waals surface area contributed by atoms with Crippen LogP contribution in [0.5, 0.6) is 0 Å². The summed E-state index contributed by atoms with van der Waals surface area (Å²) in [6.07, 6.45) is 23.3. The van der Waals surface area contributed by atoms with Crippen LogP contribution >= 0.6 is 0 Å². The summed E-state index contributed by atoms with van der Waals surface area (Å²) in [5.74, 6) is 0.0905. The molecule has 0 aliphatic rings. The van der Waals surface area contributed by atoms with Gasteiger partial charge in [-0.05, 0) is 32.1 Å². The van der Waals surface area contributed by atoms with E-state index in [-0.39, 0.29) is 58.7 Å². The Hall–Kier alpha value is 0.846. The van der Waals surface area contributed by atoms with E-state index >= 15 is 0 Å². The second-order valence-corrected chi connectivity index (χ2v) is 6.42. The Balaban J connectivity index is -0.00000220. The standard InChI is InChI=1S/C20H39NO.K.H/c1-3-4-5-6-7-8-9-10-11-12-13-14-15-16-17-18-19-21-20(2)22;;/h10-11H,3-9,12-19H2,1-2H3,(H,21,22);;/q;+1;-1/b11-10-;;. The first-order valence-corrected chi connectivity index (χ1v) is 9.66. The van der Waals surface area contributed by atoms with Crippen LogP contribution in [0.4, 0.5) is 0 Å². The first kappa shape index (κ1) is 26.1. The Morgan fingerprint density at radius 1 is 0.783 bits per heavy atom. The van der Waals surface area contributed by atoms with Gasteiger partial charge < -0.3 is 6.74 Å². The SMILES string of the molecule is CCCCCCCC/C=C\CCCCCCCCNC(C)=O.[H-].[K+]. The monoisotopic (exact) mass is 349 g/mol. The van der Waals surface area contributed by atoms with Crippen molar-refractivity contribution in [1.29, 1.82) is 0 Å². The number of unbranched alkanes of at least 4 members (excludes halogenated alkanes) is 12. The fraction of sp³-hybridized carbons (Fsp3) is 0.850. The first-order valence-electron chi connectivity index (χ1n) is 9.66. The van der Waals surface area contributed by atoms with Gasteiger partial charge in [-0.3, -0.25) is 4.79 Å². The van der Waals surface area contributed by atoms with Gasteiger partial charge in [0.2, 0.25) is 5.91 Å². The molecule has 0 rings (SSSR count). The van der Waals surface area contributed by atoms with Crippen molar-refractivity contribution in [3.8, 4) is 0 Å². The summed E-state index contributed by atoms with van der Waals surface area (Å²) in [5, 5.41) is 2.85. The average Bonchev–Trinajstić information content (AvgIpc) is 2.50. The second-order valence-electron chi connectivity index (χ2n) is 6.42. The fourth-order valence-electron chi connectivity index (χ4n) is 2.64. The molecule has 2 nitrogen and oxygen atoms in total. The normalized spacial score (nSPS) is 10.7. The van der Waals surface area contributed by atoms with Crippen LogP contribution in [0.25, 0.3) is 0 Å². The third-order valence-electron chi connectivity index (χ3n) is 4.06. The summed E-state index contributed by atoms with van der Waals surface area (Å²) in [4.78, 5) is 10.7. The number of rotatable bonds is 16. The van der Waals surface area contributed by atoms with E-state index < -0.39 is 0 Å². The van der Waals surface area contributed by atoms with Crippen LogP contribution < -0.4 is 56.7 Å². The molecule has 3 heteroatoms.